The fraction of sp³-hybridized carbons (Fsp3) is 0.857. The van der Waals surface area contributed by atoms with Gasteiger partial charge in [0.15, 0.2) is 0 Å². The van der Waals surface area contributed by atoms with Gasteiger partial charge in [0.2, 0.25) is 0 Å². The second-order valence-electron chi connectivity index (χ2n) is 10.0. The number of hydrogen-bond donors (Lipinski definition) is 1. The van der Waals surface area contributed by atoms with E-state index in [2.05, 4.69) is 13.8 Å². The largest absolute Gasteiger partial charge is 0.446 e. The lowest BCUT2D eigenvalue weighted by atomic mass is 9.45. The zero-order chi connectivity index (χ0) is 19.6. The number of fused-ring (bicyclic) bond motifs is 5. The van der Waals surface area contributed by atoms with Crippen molar-refractivity contribution in [2.45, 2.75) is 72.1 Å². The van der Waals surface area contributed by atoms with Crippen LogP contribution < -0.4 is 0 Å². The summed E-state index contributed by atoms with van der Waals surface area (Å²) in [6.45, 7) is 6.50. The summed E-state index contributed by atoms with van der Waals surface area (Å²) in [6.07, 6.45) is 10.0. The Morgan fingerprint density at radius 3 is 2.48 bits per heavy atom. The number of Topliss-reactive ketones (excluding diaryl/α,β-unsaturated/α-hetero) is 1. The normalized spacial score (nSPS) is 46.7. The van der Waals surface area contributed by atoms with Crippen LogP contribution in [0.1, 0.15) is 72.1 Å². The molecule has 7 atom stereocenters. The van der Waals surface area contributed by atoms with Gasteiger partial charge in [0, 0.05) is 12.3 Å². The molecule has 4 aliphatic carbocycles. The smallest absolute Gasteiger partial charge is 0.367 e. The minimum absolute atomic E-state index is 0.157. The van der Waals surface area contributed by atoms with Crippen molar-refractivity contribution in [1.82, 2.24) is 0 Å². The van der Waals surface area contributed by atoms with Crippen LogP contribution in [0.25, 0.3) is 0 Å². The van der Waals surface area contributed by atoms with Crippen LogP contribution in [-0.2, 0) is 19.4 Å². The molecule has 4 rings (SSSR count). The standard InChI is InChI=1S/C21H32O5S/c1-13(22)17-6-7-18-16-5-4-14-12-15(26-27(23,24)25)8-10-20(14,2)19(16)9-11-21(17,18)3/h8,14,16-19H,4-7,9-12H2,1-3H3,(H,23,24,25)/t14-,16+,17-,18+,19+,20+,21-/m1/s1. The highest BCUT2D eigenvalue weighted by molar-refractivity contribution is 7.81. The average molecular weight is 397 g/mol. The van der Waals surface area contributed by atoms with Gasteiger partial charge in [-0.3, -0.25) is 9.35 Å². The van der Waals surface area contributed by atoms with Gasteiger partial charge in [-0.05, 0) is 92.4 Å². The molecule has 3 saturated carbocycles. The van der Waals surface area contributed by atoms with Crippen molar-refractivity contribution in [2.24, 2.45) is 40.4 Å². The van der Waals surface area contributed by atoms with Crippen LogP contribution in [0.15, 0.2) is 11.8 Å². The Kier molecular flexibility index (Phi) is 4.54. The quantitative estimate of drug-likeness (QED) is 0.708. The third kappa shape index (κ3) is 3.07. The molecule has 0 radical (unpaired) electrons. The molecule has 0 saturated heterocycles. The summed E-state index contributed by atoms with van der Waals surface area (Å²) >= 11 is 0. The molecule has 0 unspecified atom stereocenters. The topological polar surface area (TPSA) is 80.7 Å². The van der Waals surface area contributed by atoms with E-state index < -0.39 is 10.4 Å². The molecule has 1 N–H and O–H groups in total. The molecule has 0 amide bonds. The van der Waals surface area contributed by atoms with Gasteiger partial charge in [0.25, 0.3) is 0 Å². The molecule has 0 heterocycles. The number of carbonyl (C=O) groups excluding carboxylic acids is 1. The zero-order valence-electron chi connectivity index (χ0n) is 16.6. The van der Waals surface area contributed by atoms with E-state index in [-0.39, 0.29) is 16.7 Å². The van der Waals surface area contributed by atoms with Crippen LogP contribution in [-0.4, -0.2) is 18.8 Å². The molecule has 5 nitrogen and oxygen atoms in total. The summed E-state index contributed by atoms with van der Waals surface area (Å²) < 4.78 is 35.9. The first-order chi connectivity index (χ1) is 12.5. The Hall–Kier alpha value is -0.880. The predicted molar refractivity (Wildman–Crippen MR) is 102 cm³/mol. The summed E-state index contributed by atoms with van der Waals surface area (Å²) in [5.41, 5.74) is 0.324. The third-order valence-electron chi connectivity index (χ3n) is 8.99. The van der Waals surface area contributed by atoms with Crippen molar-refractivity contribution in [3.8, 4) is 0 Å². The van der Waals surface area contributed by atoms with E-state index in [0.717, 1.165) is 38.5 Å². The van der Waals surface area contributed by atoms with E-state index in [0.29, 0.717) is 41.6 Å². The molecule has 0 aromatic rings. The molecule has 27 heavy (non-hydrogen) atoms. The van der Waals surface area contributed by atoms with E-state index >= 15 is 0 Å². The van der Waals surface area contributed by atoms with Gasteiger partial charge >= 0.3 is 10.4 Å². The van der Waals surface area contributed by atoms with Crippen LogP contribution in [0.3, 0.4) is 0 Å². The highest BCUT2D eigenvalue weighted by Crippen LogP contribution is 2.67. The average Bonchev–Trinajstić information content (AvgIpc) is 2.91. The molecular formula is C21H32O5S. The van der Waals surface area contributed by atoms with Crippen LogP contribution in [0.4, 0.5) is 0 Å². The zero-order valence-corrected chi connectivity index (χ0v) is 17.4. The minimum atomic E-state index is -4.44. The van der Waals surface area contributed by atoms with Gasteiger partial charge in [0.1, 0.15) is 11.5 Å². The Morgan fingerprint density at radius 2 is 1.81 bits per heavy atom. The number of rotatable bonds is 3. The molecule has 152 valence electrons. The Morgan fingerprint density at radius 1 is 1.11 bits per heavy atom. The van der Waals surface area contributed by atoms with Crippen molar-refractivity contribution in [1.29, 1.82) is 0 Å². The Labute approximate surface area is 162 Å². The highest BCUT2D eigenvalue weighted by atomic mass is 32.3. The van der Waals surface area contributed by atoms with Gasteiger partial charge in [-0.15, -0.1) is 0 Å². The van der Waals surface area contributed by atoms with Crippen LogP contribution in [0.5, 0.6) is 0 Å². The molecule has 0 aromatic carbocycles. The lowest BCUT2D eigenvalue weighted by molar-refractivity contribution is -0.131. The number of carbonyl (C=O) groups is 1. The van der Waals surface area contributed by atoms with Crippen molar-refractivity contribution in [2.75, 3.05) is 0 Å². The van der Waals surface area contributed by atoms with Gasteiger partial charge in [-0.1, -0.05) is 13.8 Å². The third-order valence-corrected chi connectivity index (χ3v) is 9.41. The van der Waals surface area contributed by atoms with E-state index in [1.807, 2.05) is 6.08 Å². The monoisotopic (exact) mass is 396 g/mol. The van der Waals surface area contributed by atoms with Crippen molar-refractivity contribution >= 4 is 16.2 Å². The molecule has 0 aliphatic heterocycles. The van der Waals surface area contributed by atoms with E-state index in [4.69, 9.17) is 8.74 Å². The van der Waals surface area contributed by atoms with Crippen molar-refractivity contribution in [3.63, 3.8) is 0 Å². The maximum atomic E-state index is 12.2. The van der Waals surface area contributed by atoms with E-state index in [9.17, 15) is 13.2 Å². The fourth-order valence-corrected chi connectivity index (χ4v) is 8.13. The van der Waals surface area contributed by atoms with Gasteiger partial charge in [0.05, 0.1) is 0 Å². The summed E-state index contributed by atoms with van der Waals surface area (Å²) in [5.74, 6) is 3.34. The summed E-state index contributed by atoms with van der Waals surface area (Å²) in [7, 11) is -4.44. The molecule has 6 heteroatoms. The van der Waals surface area contributed by atoms with Gasteiger partial charge in [-0.25, -0.2) is 0 Å². The summed E-state index contributed by atoms with van der Waals surface area (Å²) in [5, 5.41) is 0. The second kappa shape index (κ2) is 6.31. The lowest BCUT2D eigenvalue weighted by Crippen LogP contribution is -2.53. The number of ketones is 1. The molecule has 4 aliphatic rings. The predicted octanol–water partition coefficient (Wildman–Crippen LogP) is 4.55. The first kappa shape index (κ1) is 19.4. The SMILES string of the molecule is CC(=O)[C@H]1CC[C@H]2[C@@H]3CC[C@@H]4CC(OS(=O)(=O)O)=CC[C@]4(C)[C@H]3CC[C@]12C. The van der Waals surface area contributed by atoms with Crippen molar-refractivity contribution in [3.05, 3.63) is 11.8 Å². The number of allylic oxidation sites excluding steroid dienone is 2. The minimum Gasteiger partial charge on any atom is -0.367 e. The highest BCUT2D eigenvalue weighted by Gasteiger charge is 2.60. The first-order valence-electron chi connectivity index (χ1n) is 10.4. The summed E-state index contributed by atoms with van der Waals surface area (Å²) in [6, 6.07) is 0. The molecular weight excluding hydrogens is 364 g/mol. The van der Waals surface area contributed by atoms with E-state index in [1.165, 1.54) is 6.42 Å². The maximum absolute atomic E-state index is 12.2. The molecule has 0 bridgehead atoms. The molecule has 0 spiro atoms. The van der Waals surface area contributed by atoms with Gasteiger partial charge < -0.3 is 4.18 Å². The Balaban J connectivity index is 1.58. The van der Waals surface area contributed by atoms with Crippen LogP contribution in [0.2, 0.25) is 0 Å². The lowest BCUT2D eigenvalue weighted by Gasteiger charge is -2.59. The van der Waals surface area contributed by atoms with Gasteiger partial charge in [-0.2, -0.15) is 8.42 Å². The van der Waals surface area contributed by atoms with Crippen LogP contribution >= 0.6 is 0 Å². The number of hydrogen-bond acceptors (Lipinski definition) is 4. The van der Waals surface area contributed by atoms with Crippen molar-refractivity contribution < 1.29 is 21.9 Å². The second-order valence-corrected chi connectivity index (χ2v) is 11.1. The fourth-order valence-electron chi connectivity index (χ4n) is 7.72. The Bertz CT molecular complexity index is 771. The molecule has 3 fully saturated rings. The molecule has 0 aromatic heterocycles. The maximum Gasteiger partial charge on any atom is 0.446 e. The first-order valence-corrected chi connectivity index (χ1v) is 11.8. The van der Waals surface area contributed by atoms with Crippen LogP contribution in [0, 0.1) is 40.4 Å². The van der Waals surface area contributed by atoms with E-state index in [1.54, 1.807) is 6.92 Å². The summed E-state index contributed by atoms with van der Waals surface area (Å²) in [4.78, 5) is 12.2.